The fraction of sp³-hybridized carbons (Fsp3) is 0.389. The molecule has 26 heavy (non-hydrogen) atoms. The van der Waals surface area contributed by atoms with Gasteiger partial charge in [-0.1, -0.05) is 17.7 Å². The van der Waals surface area contributed by atoms with Gasteiger partial charge in [0.25, 0.3) is 0 Å². The molecule has 1 aliphatic heterocycles. The van der Waals surface area contributed by atoms with Gasteiger partial charge in [0.15, 0.2) is 0 Å². The van der Waals surface area contributed by atoms with Crippen LogP contribution in [0.15, 0.2) is 24.3 Å². The monoisotopic (exact) mass is 372 g/mol. The minimum atomic E-state index is -0.0449. The summed E-state index contributed by atoms with van der Waals surface area (Å²) >= 11 is 6.42. The van der Waals surface area contributed by atoms with E-state index in [9.17, 15) is 4.79 Å². The maximum atomic E-state index is 11.1. The molecule has 3 heterocycles. The number of nitrogens with one attached hydrogen (secondary N) is 1. The molecule has 4 rings (SSSR count). The minimum Gasteiger partial charge on any atom is -0.351 e. The Balaban J connectivity index is 1.52. The second kappa shape index (κ2) is 6.74. The lowest BCUT2D eigenvalue weighted by atomic mass is 10.2. The molecule has 0 fully saturated rings. The van der Waals surface area contributed by atoms with Gasteiger partial charge in [0, 0.05) is 39.0 Å². The minimum absolute atomic E-state index is 0.0449. The number of halogens is 1. The van der Waals surface area contributed by atoms with E-state index in [1.807, 2.05) is 34.6 Å². The SMILES string of the molecule is CC(=O)NCc1cc2n(n1)CCN(Cc1nn(C)c3cccc(Cl)c13)C2. The first-order valence-corrected chi connectivity index (χ1v) is 9.01. The highest BCUT2D eigenvalue weighted by atomic mass is 35.5. The lowest BCUT2D eigenvalue weighted by Crippen LogP contribution is -2.33. The lowest BCUT2D eigenvalue weighted by Gasteiger charge is -2.26. The number of fused-ring (bicyclic) bond motifs is 2. The summed E-state index contributed by atoms with van der Waals surface area (Å²) in [5.41, 5.74) is 4.10. The van der Waals surface area contributed by atoms with Crippen LogP contribution in [0.3, 0.4) is 0 Å². The molecule has 1 amide bonds. The molecule has 0 aliphatic carbocycles. The molecule has 1 aromatic carbocycles. The standard InChI is InChI=1S/C18H21ClN6O/c1-12(26)20-9-13-8-14-10-24(6-7-25(14)21-13)11-16-18-15(19)4-3-5-17(18)23(2)22-16/h3-5,8H,6-7,9-11H2,1-2H3,(H,20,26). The number of nitrogens with zero attached hydrogens (tertiary/aromatic N) is 5. The summed E-state index contributed by atoms with van der Waals surface area (Å²) in [5, 5.41) is 13.8. The summed E-state index contributed by atoms with van der Waals surface area (Å²) in [6.45, 7) is 5.25. The van der Waals surface area contributed by atoms with Crippen molar-refractivity contribution in [2.24, 2.45) is 7.05 Å². The van der Waals surface area contributed by atoms with Crippen molar-refractivity contribution in [1.82, 2.24) is 29.8 Å². The number of aromatic nitrogens is 4. The van der Waals surface area contributed by atoms with Crippen molar-refractivity contribution < 1.29 is 4.79 Å². The Hall–Kier alpha value is -2.38. The quantitative estimate of drug-likeness (QED) is 0.761. The van der Waals surface area contributed by atoms with Gasteiger partial charge in [-0.15, -0.1) is 0 Å². The average Bonchev–Trinajstić information content (AvgIpc) is 3.15. The Labute approximate surface area is 156 Å². The number of aryl methyl sites for hydroxylation is 1. The predicted octanol–water partition coefficient (Wildman–Crippen LogP) is 2.08. The van der Waals surface area contributed by atoms with Gasteiger partial charge in [0.05, 0.1) is 40.7 Å². The number of benzene rings is 1. The zero-order valence-corrected chi connectivity index (χ0v) is 15.6. The van der Waals surface area contributed by atoms with Crippen molar-refractivity contribution in [2.45, 2.75) is 33.1 Å². The van der Waals surface area contributed by atoms with Gasteiger partial charge in [-0.2, -0.15) is 10.2 Å². The summed E-state index contributed by atoms with van der Waals surface area (Å²) in [7, 11) is 1.95. The predicted molar refractivity (Wildman–Crippen MR) is 99.6 cm³/mol. The van der Waals surface area contributed by atoms with Crippen LogP contribution in [0.25, 0.3) is 10.9 Å². The fourth-order valence-corrected chi connectivity index (χ4v) is 3.77. The molecule has 7 nitrogen and oxygen atoms in total. The van der Waals surface area contributed by atoms with E-state index in [-0.39, 0.29) is 5.91 Å². The third kappa shape index (κ3) is 3.20. The normalized spacial score (nSPS) is 14.6. The topological polar surface area (TPSA) is 68.0 Å². The molecule has 0 bridgehead atoms. The third-order valence-corrected chi connectivity index (χ3v) is 5.03. The zero-order chi connectivity index (χ0) is 18.3. The molecule has 0 spiro atoms. The fourth-order valence-electron chi connectivity index (χ4n) is 3.49. The molecular formula is C18H21ClN6O. The largest absolute Gasteiger partial charge is 0.351 e. The summed E-state index contributed by atoms with van der Waals surface area (Å²) in [4.78, 5) is 13.4. The summed E-state index contributed by atoms with van der Waals surface area (Å²) < 4.78 is 3.91. The Bertz CT molecular complexity index is 976. The van der Waals surface area contributed by atoms with E-state index >= 15 is 0 Å². The number of carbonyl (C=O) groups is 1. The van der Waals surface area contributed by atoms with Crippen molar-refractivity contribution in [1.29, 1.82) is 0 Å². The average molecular weight is 373 g/mol. The van der Waals surface area contributed by atoms with E-state index in [0.717, 1.165) is 59.2 Å². The molecule has 136 valence electrons. The van der Waals surface area contributed by atoms with Crippen molar-refractivity contribution in [3.63, 3.8) is 0 Å². The van der Waals surface area contributed by atoms with E-state index in [0.29, 0.717) is 6.54 Å². The summed E-state index contributed by atoms with van der Waals surface area (Å²) in [6, 6.07) is 7.96. The van der Waals surface area contributed by atoms with Crippen LogP contribution in [0.2, 0.25) is 5.02 Å². The molecule has 0 saturated carbocycles. The Morgan fingerprint density at radius 1 is 1.31 bits per heavy atom. The van der Waals surface area contributed by atoms with E-state index in [4.69, 9.17) is 11.6 Å². The molecule has 8 heteroatoms. The molecule has 0 radical (unpaired) electrons. The molecule has 2 aromatic heterocycles. The second-order valence-electron chi connectivity index (χ2n) is 6.67. The van der Waals surface area contributed by atoms with E-state index in [1.54, 1.807) is 0 Å². The van der Waals surface area contributed by atoms with Crippen molar-refractivity contribution in [3.8, 4) is 0 Å². The lowest BCUT2D eigenvalue weighted by molar-refractivity contribution is -0.119. The number of hydrogen-bond donors (Lipinski definition) is 1. The van der Waals surface area contributed by atoms with Crippen LogP contribution in [0.5, 0.6) is 0 Å². The van der Waals surface area contributed by atoms with Crippen molar-refractivity contribution >= 4 is 28.4 Å². The second-order valence-corrected chi connectivity index (χ2v) is 7.08. The van der Waals surface area contributed by atoms with E-state index < -0.39 is 0 Å². The third-order valence-electron chi connectivity index (χ3n) is 4.72. The van der Waals surface area contributed by atoms with Crippen LogP contribution in [-0.2, 0) is 38.0 Å². The highest BCUT2D eigenvalue weighted by molar-refractivity contribution is 6.35. The van der Waals surface area contributed by atoms with Crippen molar-refractivity contribution in [3.05, 3.63) is 46.4 Å². The first kappa shape index (κ1) is 17.1. The highest BCUT2D eigenvalue weighted by Crippen LogP contribution is 2.28. The molecule has 0 atom stereocenters. The molecule has 3 aromatic rings. The van der Waals surface area contributed by atoms with Gasteiger partial charge in [0.2, 0.25) is 5.91 Å². The van der Waals surface area contributed by atoms with Gasteiger partial charge >= 0.3 is 0 Å². The summed E-state index contributed by atoms with van der Waals surface area (Å²) in [5.74, 6) is -0.0449. The van der Waals surface area contributed by atoms with Crippen LogP contribution in [0, 0.1) is 0 Å². The number of rotatable bonds is 4. The number of amides is 1. The molecule has 1 N–H and O–H groups in total. The van der Waals surface area contributed by atoms with Crippen LogP contribution < -0.4 is 5.32 Å². The zero-order valence-electron chi connectivity index (χ0n) is 14.9. The van der Waals surface area contributed by atoms with Crippen LogP contribution in [0.1, 0.15) is 24.0 Å². The van der Waals surface area contributed by atoms with Crippen LogP contribution >= 0.6 is 11.6 Å². The van der Waals surface area contributed by atoms with Crippen LogP contribution in [-0.4, -0.2) is 36.9 Å². The van der Waals surface area contributed by atoms with Crippen LogP contribution in [0.4, 0.5) is 0 Å². The first-order valence-electron chi connectivity index (χ1n) is 8.64. The number of carbonyl (C=O) groups excluding carboxylic acids is 1. The smallest absolute Gasteiger partial charge is 0.217 e. The van der Waals surface area contributed by atoms with Crippen molar-refractivity contribution in [2.75, 3.05) is 6.54 Å². The maximum absolute atomic E-state index is 11.1. The first-order chi connectivity index (χ1) is 12.5. The van der Waals surface area contributed by atoms with Gasteiger partial charge < -0.3 is 5.32 Å². The van der Waals surface area contributed by atoms with Gasteiger partial charge in [-0.05, 0) is 18.2 Å². The molecule has 0 saturated heterocycles. The summed E-state index contributed by atoms with van der Waals surface area (Å²) in [6.07, 6.45) is 0. The number of hydrogen-bond acceptors (Lipinski definition) is 4. The Kier molecular flexibility index (Phi) is 4.42. The Morgan fingerprint density at radius 2 is 2.15 bits per heavy atom. The Morgan fingerprint density at radius 3 is 2.96 bits per heavy atom. The highest BCUT2D eigenvalue weighted by Gasteiger charge is 2.21. The van der Waals surface area contributed by atoms with E-state index in [1.165, 1.54) is 6.92 Å². The molecule has 1 aliphatic rings. The van der Waals surface area contributed by atoms with Gasteiger partial charge in [0.1, 0.15) is 0 Å². The molecular weight excluding hydrogens is 352 g/mol. The van der Waals surface area contributed by atoms with Gasteiger partial charge in [-0.3, -0.25) is 19.1 Å². The molecule has 0 unspecified atom stereocenters. The van der Waals surface area contributed by atoms with E-state index in [2.05, 4.69) is 26.5 Å². The maximum Gasteiger partial charge on any atom is 0.217 e. The van der Waals surface area contributed by atoms with Gasteiger partial charge in [-0.25, -0.2) is 0 Å².